The van der Waals surface area contributed by atoms with Gasteiger partial charge in [-0.1, -0.05) is 39.0 Å². The number of nitrogens with one attached hydrogen (secondary N) is 1. The summed E-state index contributed by atoms with van der Waals surface area (Å²) in [6, 6.07) is 5.72. The molecule has 11 atom stereocenters. The lowest BCUT2D eigenvalue weighted by molar-refractivity contribution is -0.343. The Morgan fingerprint density at radius 3 is 2.11 bits per heavy atom. The van der Waals surface area contributed by atoms with Crippen LogP contribution in [0.3, 0.4) is 0 Å². The predicted octanol–water partition coefficient (Wildman–Crippen LogP) is 2.99. The van der Waals surface area contributed by atoms with Crippen LogP contribution in [0.15, 0.2) is 41.7 Å². The highest BCUT2D eigenvalue weighted by atomic mass is 16.8. The predicted molar refractivity (Wildman–Crippen MR) is 211 cm³/mol. The minimum atomic E-state index is -2.52. The number of aliphatic hydroxyl groups excluding tert-OH is 2. The summed E-state index contributed by atoms with van der Waals surface area (Å²) in [6.45, 7) is 13.2. The maximum atomic E-state index is 15.4. The molecule has 1 aliphatic heterocycles. The molecule has 0 spiro atoms. The van der Waals surface area contributed by atoms with E-state index in [2.05, 4.69) is 5.32 Å². The van der Waals surface area contributed by atoms with E-state index in [9.17, 15) is 49.2 Å². The Balaban J connectivity index is 1.75. The van der Waals surface area contributed by atoms with Gasteiger partial charge >= 0.3 is 36.1 Å². The monoisotopic (exact) mass is 875 g/mol. The van der Waals surface area contributed by atoms with E-state index in [-0.39, 0.29) is 17.6 Å². The average molecular weight is 876 g/mol. The number of esters is 3. The summed E-state index contributed by atoms with van der Waals surface area (Å²) in [5.41, 5.74) is -11.6. The highest BCUT2D eigenvalue weighted by molar-refractivity contribution is 6.02. The first kappa shape index (κ1) is 47.9. The Labute approximate surface area is 358 Å². The van der Waals surface area contributed by atoms with Crippen molar-refractivity contribution in [1.82, 2.24) is 5.32 Å². The van der Waals surface area contributed by atoms with Gasteiger partial charge in [0.05, 0.1) is 48.2 Å². The number of aliphatic hydroxyl groups is 3. The van der Waals surface area contributed by atoms with E-state index in [0.29, 0.717) is 0 Å². The lowest BCUT2D eigenvalue weighted by atomic mass is 9.45. The molecule has 3 fully saturated rings. The number of carbonyl (C=O) groups is 7. The number of carbonyl (C=O) groups excluding carboxylic acids is 6. The summed E-state index contributed by atoms with van der Waals surface area (Å²) in [7, 11) is 1.03. The third-order valence-corrected chi connectivity index (χ3v) is 13.1. The smallest absolute Gasteiger partial charge is 0.481 e. The van der Waals surface area contributed by atoms with E-state index in [4.69, 9.17) is 33.2 Å². The van der Waals surface area contributed by atoms with E-state index in [0.717, 1.165) is 27.9 Å². The van der Waals surface area contributed by atoms with Gasteiger partial charge in [0, 0.05) is 31.1 Å². The molecule has 1 amide bonds. The van der Waals surface area contributed by atoms with Crippen LogP contribution in [0.25, 0.3) is 0 Å². The second kappa shape index (κ2) is 16.5. The number of alkyl carbamates (subject to hydrolysis) is 1. The summed E-state index contributed by atoms with van der Waals surface area (Å²) in [5, 5.41) is 49.6. The lowest BCUT2D eigenvalue weighted by Crippen LogP contribution is -2.81. The van der Waals surface area contributed by atoms with Crippen molar-refractivity contribution in [2.45, 2.75) is 135 Å². The molecule has 2 unspecified atom stereocenters. The van der Waals surface area contributed by atoms with Crippen LogP contribution in [-0.2, 0) is 52.3 Å². The Morgan fingerprint density at radius 1 is 0.984 bits per heavy atom. The van der Waals surface area contributed by atoms with Crippen molar-refractivity contribution in [2.24, 2.45) is 28.1 Å². The Kier molecular flexibility index (Phi) is 12.8. The number of Topliss-reactive ketones (excluding diaryl/α,β-unsaturated/α-hetero) is 1. The van der Waals surface area contributed by atoms with Crippen molar-refractivity contribution in [3.63, 3.8) is 0 Å². The van der Waals surface area contributed by atoms with Gasteiger partial charge in [0.2, 0.25) is 5.78 Å². The summed E-state index contributed by atoms with van der Waals surface area (Å²) < 4.78 is 39.9. The molecule has 1 aromatic carbocycles. The third-order valence-electron chi connectivity index (χ3n) is 13.1. The molecule has 19 heteroatoms. The number of hydrogen-bond acceptors (Lipinski definition) is 17. The lowest BCUT2D eigenvalue weighted by Gasteiger charge is -2.67. The molecule has 342 valence electrons. The van der Waals surface area contributed by atoms with E-state index in [1.165, 1.54) is 39.8 Å². The normalized spacial score (nSPS) is 32.4. The fraction of sp³-hybridized carbons (Fsp3) is 0.651. The molecule has 5 rings (SSSR count). The number of carboxylic acids is 1. The van der Waals surface area contributed by atoms with Gasteiger partial charge in [-0.25, -0.2) is 19.2 Å². The highest BCUT2D eigenvalue weighted by Crippen LogP contribution is 2.65. The van der Waals surface area contributed by atoms with Crippen LogP contribution in [0.1, 0.15) is 92.4 Å². The van der Waals surface area contributed by atoms with E-state index in [1.54, 1.807) is 39.0 Å². The zero-order valence-electron chi connectivity index (χ0n) is 36.6. The average Bonchev–Trinajstić information content (AvgIpc) is 3.17. The van der Waals surface area contributed by atoms with E-state index in [1.807, 2.05) is 0 Å². The molecule has 0 aromatic heterocycles. The zero-order valence-corrected chi connectivity index (χ0v) is 36.6. The Hall–Kier alpha value is -5.11. The summed E-state index contributed by atoms with van der Waals surface area (Å²) in [6.07, 6.45) is -12.1. The molecule has 4 aliphatic rings. The van der Waals surface area contributed by atoms with Crippen molar-refractivity contribution in [3.05, 3.63) is 47.2 Å². The Morgan fingerprint density at radius 2 is 1.60 bits per heavy atom. The minimum Gasteiger partial charge on any atom is -0.481 e. The number of carboxylic acid groups (broad SMARTS) is 1. The summed E-state index contributed by atoms with van der Waals surface area (Å²) in [4.78, 5) is 95.2. The van der Waals surface area contributed by atoms with Crippen LogP contribution in [0, 0.1) is 28.1 Å². The van der Waals surface area contributed by atoms with Gasteiger partial charge in [0.25, 0.3) is 0 Å². The third kappa shape index (κ3) is 8.03. The minimum absolute atomic E-state index is 0.000850. The zero-order chi connectivity index (χ0) is 46.7. The number of ether oxygens (including phenoxy) is 7. The number of aliphatic carboxylic acids is 1. The molecule has 0 radical (unpaired) electrons. The molecule has 1 saturated heterocycles. The van der Waals surface area contributed by atoms with Gasteiger partial charge in [0.1, 0.15) is 29.5 Å². The number of hydrogen-bond donors (Lipinski definition) is 5. The van der Waals surface area contributed by atoms with E-state index < -0.39 is 142 Å². The number of fused-ring (bicyclic) bond motifs is 5. The number of allylic oxidation sites excluding steroid dienone is 1. The summed E-state index contributed by atoms with van der Waals surface area (Å²) in [5.74, 6) is -9.54. The fourth-order valence-corrected chi connectivity index (χ4v) is 9.52. The first-order valence-electron chi connectivity index (χ1n) is 20.2. The Bertz CT molecular complexity index is 2020. The van der Waals surface area contributed by atoms with Crippen molar-refractivity contribution in [2.75, 3.05) is 13.7 Å². The van der Waals surface area contributed by atoms with Crippen molar-refractivity contribution in [3.8, 4) is 0 Å². The molecule has 2 saturated carbocycles. The molecule has 5 N–H and O–H groups in total. The molecule has 1 heterocycles. The maximum Gasteiger partial charge on any atom is 0.508 e. The van der Waals surface area contributed by atoms with Gasteiger partial charge in [0.15, 0.2) is 17.5 Å². The van der Waals surface area contributed by atoms with Crippen LogP contribution in [0.5, 0.6) is 0 Å². The number of benzene rings is 1. The molecule has 62 heavy (non-hydrogen) atoms. The van der Waals surface area contributed by atoms with Gasteiger partial charge in [-0.3, -0.25) is 14.4 Å². The first-order chi connectivity index (χ1) is 28.5. The molecule has 2 bridgehead atoms. The van der Waals surface area contributed by atoms with Crippen LogP contribution >= 0.6 is 0 Å². The molecule has 3 aliphatic carbocycles. The quantitative estimate of drug-likeness (QED) is 0.167. The first-order valence-corrected chi connectivity index (χ1v) is 20.2. The van der Waals surface area contributed by atoms with Crippen molar-refractivity contribution >= 4 is 41.9 Å². The van der Waals surface area contributed by atoms with Crippen molar-refractivity contribution < 1.29 is 87.1 Å². The van der Waals surface area contributed by atoms with Gasteiger partial charge < -0.3 is 58.9 Å². The fourth-order valence-electron chi connectivity index (χ4n) is 9.52. The summed E-state index contributed by atoms with van der Waals surface area (Å²) >= 11 is 0. The van der Waals surface area contributed by atoms with Gasteiger partial charge in [-0.2, -0.15) is 0 Å². The molecule has 1 aromatic rings. The second-order valence-electron chi connectivity index (χ2n) is 18.8. The van der Waals surface area contributed by atoms with Crippen molar-refractivity contribution in [1.29, 1.82) is 0 Å². The number of ketones is 1. The van der Waals surface area contributed by atoms with Crippen LogP contribution in [0.4, 0.5) is 9.59 Å². The number of rotatable bonds is 10. The van der Waals surface area contributed by atoms with Crippen LogP contribution in [0.2, 0.25) is 0 Å². The molecule has 19 nitrogen and oxygen atoms in total. The number of methoxy groups -OCH3 is 1. The molecular formula is C43H57NO18. The highest BCUT2D eigenvalue weighted by Gasteiger charge is 2.78. The molecular weight excluding hydrogens is 818 g/mol. The van der Waals surface area contributed by atoms with Crippen LogP contribution in [-0.4, -0.2) is 129 Å². The maximum absolute atomic E-state index is 15.4. The van der Waals surface area contributed by atoms with Gasteiger partial charge in [-0.15, -0.1) is 0 Å². The standard InChI is InChI=1S/C43H57NO18/c1-20-23(59-34(50)27(47)30(39(6,7)35(51)52)44-36(53)61-38(3,4)5)18-43(55)32(60-33(49)22-15-13-12-14-16-22)29-41(10,31(48)28(58-21(2)45)26(20)40(43,8)9)24(46)17-25-42(29,19-57-25)62-37(54)56-11/h12-16,20,23-25,27,29-30,32,46-47,55H,17-19H2,1-11H3,(H,44,53)(H,51,52)/t20?,23-,24-,25+,27-,29?,30+,32-,41+,42-,43+/m0/s1. The second-order valence-corrected chi connectivity index (χ2v) is 18.8. The van der Waals surface area contributed by atoms with Crippen LogP contribution < -0.4 is 5.32 Å². The van der Waals surface area contributed by atoms with Gasteiger partial charge in [-0.05, 0) is 59.2 Å². The SMILES string of the molecule is COC(=O)O[C@@]12CO[C@@H]1C[C@H](O)[C@@]1(C)C(=O)C(OC(C)=O)=C3C(C)[C@@H](OC(=O)[C@@H](O)[C@@H](NC(=O)OC(C)(C)C)C(C)(C)C(=O)O)C[C@@](O)([C@@H](OC(=O)c4ccccc4)C12)C3(C)C. The topological polar surface area (TPSA) is 277 Å². The largest absolute Gasteiger partial charge is 0.508 e. The van der Waals surface area contributed by atoms with E-state index >= 15 is 4.79 Å². The number of amides is 1.